The zero-order valence-electron chi connectivity index (χ0n) is 37.6. The van der Waals surface area contributed by atoms with E-state index in [0.29, 0.717) is 68.9 Å². The Bertz CT molecular complexity index is 2830. The number of ether oxygens (including phenoxy) is 1. The van der Waals surface area contributed by atoms with Crippen molar-refractivity contribution in [3.63, 3.8) is 0 Å². The smallest absolute Gasteiger partial charge is 0.490 e. The first-order valence-corrected chi connectivity index (χ1v) is 22.5. The number of amides is 5. The Kier molecular flexibility index (Phi) is 14.0. The molecule has 2 aromatic heterocycles. The number of piperidine rings is 1. The number of aliphatic carboxylic acids is 1. The fourth-order valence-electron chi connectivity index (χ4n) is 9.18. The van der Waals surface area contributed by atoms with Crippen LogP contribution in [0.1, 0.15) is 77.3 Å². The molecule has 5 amide bonds. The van der Waals surface area contributed by atoms with Gasteiger partial charge in [-0.2, -0.15) is 22.7 Å². The number of urea groups is 1. The Labute approximate surface area is 395 Å². The van der Waals surface area contributed by atoms with Crippen molar-refractivity contribution in [3.05, 3.63) is 95.2 Å². The maximum absolute atomic E-state index is 14.2. The van der Waals surface area contributed by atoms with E-state index in [4.69, 9.17) is 29.7 Å². The van der Waals surface area contributed by atoms with E-state index in [9.17, 15) is 50.6 Å². The second-order valence-electron chi connectivity index (χ2n) is 17.7. The van der Waals surface area contributed by atoms with Gasteiger partial charge in [0.1, 0.15) is 0 Å². The van der Waals surface area contributed by atoms with E-state index >= 15 is 0 Å². The number of imide groups is 1. The van der Waals surface area contributed by atoms with E-state index < -0.39 is 58.4 Å². The monoisotopic (exact) mass is 979 g/mol. The minimum absolute atomic E-state index is 0.0980. The third kappa shape index (κ3) is 10.6. The standard InChI is InChI=1S/C45H46F3N9O6.C2HF3O2/c1-26-2-5-29(19-36(26)56-13-10-37(58)52-44(56)62)42(61)55-16-17-63-45(25-55)11-14-54(15-12-45)43-50-22-31(23-51-43)28-6-7-30-24-57(53-35(30)18-28)32-8-3-27(4-9-32)21-49-41(60)33-20-34(46)40(59)39(48)38(33)47;3-2(4,5)1(6)7/h2,5-7,18-20,22-24,27,32,59H,3-4,8-17,21,25H2,1H3,(H,49,60)(H,52,58,62);(H,6,7). The summed E-state index contributed by atoms with van der Waals surface area (Å²) in [4.78, 5) is 74.4. The normalized spacial score (nSPS) is 19.4. The molecule has 5 aromatic rings. The highest BCUT2D eigenvalue weighted by molar-refractivity contribution is 6.06. The van der Waals surface area contributed by atoms with Crippen LogP contribution in [0.3, 0.4) is 0 Å². The predicted molar refractivity (Wildman–Crippen MR) is 238 cm³/mol. The number of anilines is 2. The third-order valence-corrected chi connectivity index (χ3v) is 13.2. The van der Waals surface area contributed by atoms with Crippen LogP contribution in [-0.2, 0) is 14.3 Å². The number of benzene rings is 3. The number of nitrogens with zero attached hydrogens (tertiary/aromatic N) is 7. The fraction of sp³-hybridized carbons (Fsp3) is 0.404. The van der Waals surface area contributed by atoms with E-state index in [-0.39, 0.29) is 43.3 Å². The van der Waals surface area contributed by atoms with Crippen molar-refractivity contribution in [2.75, 3.05) is 55.7 Å². The van der Waals surface area contributed by atoms with E-state index in [2.05, 4.69) is 15.5 Å². The van der Waals surface area contributed by atoms with Crippen molar-refractivity contribution >= 4 is 52.3 Å². The molecule has 9 rings (SSSR count). The van der Waals surface area contributed by atoms with Crippen LogP contribution < -0.4 is 20.4 Å². The molecule has 370 valence electrons. The molecule has 0 bridgehead atoms. The molecule has 3 aromatic carbocycles. The summed E-state index contributed by atoms with van der Waals surface area (Å²) in [7, 11) is 0. The molecular formula is C47H47F6N9O8. The molecule has 4 aliphatic rings. The first kappa shape index (κ1) is 49.1. The van der Waals surface area contributed by atoms with Crippen LogP contribution in [0.5, 0.6) is 5.75 Å². The first-order chi connectivity index (χ1) is 33.3. The van der Waals surface area contributed by atoms with Crippen LogP contribution >= 0.6 is 0 Å². The SMILES string of the molecule is Cc1ccc(C(=O)N2CCOC3(CCN(c4ncc(-c5ccc6cn(C7CCC(CNC(=O)c8cc(F)c(O)c(F)c8F)CC7)nc6c5)cn4)CC3)C2)cc1N1CCC(=O)NC1=O.O=C(O)C(F)(F)F. The van der Waals surface area contributed by atoms with Gasteiger partial charge in [-0.15, -0.1) is 0 Å². The molecule has 0 unspecified atom stereocenters. The topological polar surface area (TPSA) is 212 Å². The second-order valence-corrected chi connectivity index (χ2v) is 17.7. The van der Waals surface area contributed by atoms with Crippen molar-refractivity contribution in [3.8, 4) is 16.9 Å². The van der Waals surface area contributed by atoms with Gasteiger partial charge in [-0.1, -0.05) is 18.2 Å². The lowest BCUT2D eigenvalue weighted by molar-refractivity contribution is -0.192. The number of rotatable bonds is 8. The van der Waals surface area contributed by atoms with E-state index in [1.165, 1.54) is 4.90 Å². The van der Waals surface area contributed by atoms with Gasteiger partial charge >= 0.3 is 18.2 Å². The first-order valence-electron chi connectivity index (χ1n) is 22.5. The summed E-state index contributed by atoms with van der Waals surface area (Å²) in [5, 5.41) is 27.2. The summed E-state index contributed by atoms with van der Waals surface area (Å²) in [6, 6.07) is 11.5. The number of hydrogen-bond donors (Lipinski definition) is 4. The maximum atomic E-state index is 14.2. The number of hydrogen-bond acceptors (Lipinski definition) is 11. The molecule has 3 aliphatic heterocycles. The minimum atomic E-state index is -5.08. The number of halogens is 6. The zero-order valence-corrected chi connectivity index (χ0v) is 37.6. The lowest BCUT2D eigenvalue weighted by Gasteiger charge is -2.47. The van der Waals surface area contributed by atoms with Crippen molar-refractivity contribution in [1.82, 2.24) is 35.3 Å². The van der Waals surface area contributed by atoms with Crippen LogP contribution in [0, 0.1) is 30.3 Å². The van der Waals surface area contributed by atoms with Crippen LogP contribution in [0.4, 0.5) is 42.8 Å². The molecule has 4 N–H and O–H groups in total. The summed E-state index contributed by atoms with van der Waals surface area (Å²) in [6.45, 7) is 4.98. The van der Waals surface area contributed by atoms with Gasteiger partial charge in [-0.3, -0.25) is 29.3 Å². The van der Waals surface area contributed by atoms with E-state index in [0.717, 1.165) is 53.3 Å². The van der Waals surface area contributed by atoms with Gasteiger partial charge < -0.3 is 30.1 Å². The van der Waals surface area contributed by atoms with Crippen LogP contribution in [0.2, 0.25) is 0 Å². The predicted octanol–water partition coefficient (Wildman–Crippen LogP) is 6.68. The fourth-order valence-corrected chi connectivity index (χ4v) is 9.18. The number of alkyl halides is 3. The van der Waals surface area contributed by atoms with Gasteiger partial charge in [0.05, 0.1) is 35.9 Å². The number of carbonyl (C=O) groups is 5. The van der Waals surface area contributed by atoms with Gasteiger partial charge in [0.25, 0.3) is 11.8 Å². The van der Waals surface area contributed by atoms with Gasteiger partial charge in [-0.05, 0) is 86.8 Å². The lowest BCUT2D eigenvalue weighted by atomic mass is 9.86. The summed E-state index contributed by atoms with van der Waals surface area (Å²) >= 11 is 0. The highest BCUT2D eigenvalue weighted by Gasteiger charge is 2.42. The van der Waals surface area contributed by atoms with Crippen LogP contribution in [0.25, 0.3) is 22.0 Å². The van der Waals surface area contributed by atoms with Gasteiger partial charge in [0, 0.05) is 79.9 Å². The molecule has 1 aliphatic carbocycles. The van der Waals surface area contributed by atoms with Crippen LogP contribution in [-0.4, -0.2) is 122 Å². The third-order valence-electron chi connectivity index (χ3n) is 13.2. The average molecular weight is 980 g/mol. The maximum Gasteiger partial charge on any atom is 0.490 e. The number of morpholine rings is 1. The number of nitrogens with one attached hydrogen (secondary N) is 2. The summed E-state index contributed by atoms with van der Waals surface area (Å²) in [6.07, 6.45) is 5.27. The average Bonchev–Trinajstić information content (AvgIpc) is 3.78. The lowest BCUT2D eigenvalue weighted by Crippen LogP contribution is -2.58. The quantitative estimate of drug-likeness (QED) is 0.0948. The highest BCUT2D eigenvalue weighted by Crippen LogP contribution is 2.36. The zero-order chi connectivity index (χ0) is 50.1. The molecule has 1 saturated carbocycles. The molecular weight excluding hydrogens is 933 g/mol. The Hall–Kier alpha value is -7.30. The number of phenols is 1. The molecule has 1 spiro atoms. The molecule has 0 atom stereocenters. The van der Waals surface area contributed by atoms with E-state index in [1.807, 2.05) is 59.4 Å². The Morgan fingerprint density at radius 1 is 0.914 bits per heavy atom. The molecule has 70 heavy (non-hydrogen) atoms. The van der Waals surface area contributed by atoms with Gasteiger partial charge in [0.2, 0.25) is 17.7 Å². The second kappa shape index (κ2) is 20.0. The summed E-state index contributed by atoms with van der Waals surface area (Å²) in [5.74, 6) is -9.67. The number of aromatic hydroxyl groups is 1. The molecule has 4 fully saturated rings. The van der Waals surface area contributed by atoms with Crippen molar-refractivity contribution in [2.45, 2.75) is 69.7 Å². The van der Waals surface area contributed by atoms with Crippen molar-refractivity contribution < 1.29 is 65.3 Å². The molecule has 5 heterocycles. The minimum Gasteiger partial charge on any atom is -0.503 e. The van der Waals surface area contributed by atoms with Crippen molar-refractivity contribution in [2.24, 2.45) is 5.92 Å². The molecule has 3 saturated heterocycles. The number of carboxylic acids is 1. The molecule has 17 nitrogen and oxygen atoms in total. The summed E-state index contributed by atoms with van der Waals surface area (Å²) < 4.78 is 81.7. The van der Waals surface area contributed by atoms with Gasteiger partial charge in [-0.25, -0.2) is 28.3 Å². The Balaban J connectivity index is 0.000000876. The number of phenolic OH excluding ortho intramolecular Hbond substituents is 1. The Morgan fingerprint density at radius 2 is 1.61 bits per heavy atom. The summed E-state index contributed by atoms with van der Waals surface area (Å²) in [5.41, 5.74) is 3.24. The number of fused-ring (bicyclic) bond motifs is 1. The molecule has 23 heteroatoms. The number of carbonyl (C=O) groups excluding carboxylic acids is 4. The largest absolute Gasteiger partial charge is 0.503 e. The van der Waals surface area contributed by atoms with Crippen molar-refractivity contribution in [1.29, 1.82) is 0 Å². The highest BCUT2D eigenvalue weighted by atomic mass is 19.4. The van der Waals surface area contributed by atoms with E-state index in [1.54, 1.807) is 12.1 Å². The molecule has 0 radical (unpaired) electrons. The number of aromatic nitrogens is 4. The van der Waals surface area contributed by atoms with Gasteiger partial charge in [0.15, 0.2) is 17.4 Å². The number of aryl methyl sites for hydroxylation is 1. The van der Waals surface area contributed by atoms with Crippen LogP contribution in [0.15, 0.2) is 61.1 Å². The Morgan fingerprint density at radius 3 is 2.29 bits per heavy atom. The number of carboxylic acid groups (broad SMARTS) is 1.